The van der Waals surface area contributed by atoms with Crippen LogP contribution in [-0.2, 0) is 9.53 Å². The molecule has 0 radical (unpaired) electrons. The first-order valence-electron chi connectivity index (χ1n) is 6.26. The molecule has 0 spiro atoms. The number of amides is 2. The highest BCUT2D eigenvalue weighted by Gasteiger charge is 2.36. The molecule has 102 valence electrons. The van der Waals surface area contributed by atoms with Gasteiger partial charge in [0.05, 0.1) is 12.1 Å². The number of nitrogens with one attached hydrogen (secondary N) is 1. The highest BCUT2D eigenvalue weighted by atomic mass is 16.5. The molecule has 2 saturated heterocycles. The Morgan fingerprint density at radius 3 is 3.16 bits per heavy atom. The second kappa shape index (κ2) is 4.65. The van der Waals surface area contributed by atoms with E-state index in [1.54, 1.807) is 11.8 Å². The van der Waals surface area contributed by atoms with Crippen LogP contribution in [0.25, 0.3) is 0 Å². The van der Waals surface area contributed by atoms with E-state index in [1.165, 1.54) is 6.26 Å². The van der Waals surface area contributed by atoms with E-state index in [1.807, 2.05) is 0 Å². The van der Waals surface area contributed by atoms with Gasteiger partial charge < -0.3 is 19.4 Å². The van der Waals surface area contributed by atoms with E-state index in [-0.39, 0.29) is 30.6 Å². The first kappa shape index (κ1) is 12.2. The molecule has 2 fully saturated rings. The Morgan fingerprint density at radius 1 is 1.58 bits per heavy atom. The van der Waals surface area contributed by atoms with E-state index in [0.29, 0.717) is 31.1 Å². The van der Waals surface area contributed by atoms with Crippen molar-refractivity contribution >= 4 is 11.8 Å². The number of morpholine rings is 1. The molecule has 1 aromatic heterocycles. The van der Waals surface area contributed by atoms with Crippen molar-refractivity contribution in [3.8, 4) is 0 Å². The molecule has 7 heteroatoms. The maximum absolute atomic E-state index is 12.2. The fourth-order valence-electron chi connectivity index (χ4n) is 2.51. The van der Waals surface area contributed by atoms with Crippen molar-refractivity contribution in [2.45, 2.75) is 25.5 Å². The Hall–Kier alpha value is -1.89. The van der Waals surface area contributed by atoms with Gasteiger partial charge in [-0.3, -0.25) is 9.59 Å². The highest BCUT2D eigenvalue weighted by Crippen LogP contribution is 2.19. The average Bonchev–Trinajstić information content (AvgIpc) is 2.83. The van der Waals surface area contributed by atoms with Gasteiger partial charge in [0.1, 0.15) is 12.9 Å². The van der Waals surface area contributed by atoms with Crippen molar-refractivity contribution in [1.82, 2.24) is 15.2 Å². The molecule has 19 heavy (non-hydrogen) atoms. The number of ether oxygens (including phenoxy) is 1. The minimum Gasteiger partial charge on any atom is -0.448 e. The third kappa shape index (κ3) is 2.33. The van der Waals surface area contributed by atoms with Crippen molar-refractivity contribution < 1.29 is 18.7 Å². The molecular weight excluding hydrogens is 250 g/mol. The van der Waals surface area contributed by atoms with Crippen LogP contribution in [0.4, 0.5) is 0 Å². The molecule has 2 amide bonds. The Balaban J connectivity index is 1.70. The summed E-state index contributed by atoms with van der Waals surface area (Å²) < 4.78 is 10.5. The van der Waals surface area contributed by atoms with E-state index < -0.39 is 0 Å². The van der Waals surface area contributed by atoms with Gasteiger partial charge in [0, 0.05) is 20.0 Å². The fourth-order valence-corrected chi connectivity index (χ4v) is 2.51. The zero-order valence-electron chi connectivity index (χ0n) is 10.6. The lowest BCUT2D eigenvalue weighted by molar-refractivity contribution is -0.139. The summed E-state index contributed by atoms with van der Waals surface area (Å²) in [6.07, 6.45) is 2.08. The van der Waals surface area contributed by atoms with Gasteiger partial charge >= 0.3 is 0 Å². The number of rotatable bonds is 1. The second-order valence-electron chi connectivity index (χ2n) is 4.82. The third-order valence-corrected chi connectivity index (χ3v) is 3.45. The van der Waals surface area contributed by atoms with Gasteiger partial charge in [0.15, 0.2) is 11.6 Å². The van der Waals surface area contributed by atoms with Crippen molar-refractivity contribution in [1.29, 1.82) is 0 Å². The number of piperidine rings is 1. The number of hydrogen-bond donors (Lipinski definition) is 1. The molecule has 1 N–H and O–H groups in total. The number of aromatic nitrogens is 1. The summed E-state index contributed by atoms with van der Waals surface area (Å²) in [6.45, 7) is 2.85. The zero-order chi connectivity index (χ0) is 13.4. The molecule has 0 aliphatic carbocycles. The van der Waals surface area contributed by atoms with Gasteiger partial charge in [-0.2, -0.15) is 0 Å². The van der Waals surface area contributed by atoms with E-state index in [4.69, 9.17) is 9.15 Å². The standard InChI is InChI=1S/C12H15N3O4/c1-7-13-9(5-18-7)12(17)15-3-2-10-8(4-15)14-11(16)6-19-10/h5,8,10H,2-4,6H2,1H3,(H,14,16)/t8-,10-/m0/s1. The largest absolute Gasteiger partial charge is 0.448 e. The van der Waals surface area contributed by atoms with Crippen LogP contribution in [0.1, 0.15) is 22.8 Å². The fraction of sp³-hybridized carbons (Fsp3) is 0.583. The predicted molar refractivity (Wildman–Crippen MR) is 63.4 cm³/mol. The first-order valence-corrected chi connectivity index (χ1v) is 6.26. The van der Waals surface area contributed by atoms with Crippen LogP contribution >= 0.6 is 0 Å². The lowest BCUT2D eigenvalue weighted by Gasteiger charge is -2.40. The van der Waals surface area contributed by atoms with Crippen LogP contribution in [0.5, 0.6) is 0 Å². The maximum Gasteiger partial charge on any atom is 0.275 e. The van der Waals surface area contributed by atoms with Crippen LogP contribution < -0.4 is 5.32 Å². The molecule has 3 heterocycles. The molecule has 2 atom stereocenters. The van der Waals surface area contributed by atoms with E-state index in [0.717, 1.165) is 0 Å². The molecule has 0 aromatic carbocycles. The average molecular weight is 265 g/mol. The number of likely N-dealkylation sites (tertiary alicyclic amines) is 1. The molecular formula is C12H15N3O4. The first-order chi connectivity index (χ1) is 9.13. The number of nitrogens with zero attached hydrogens (tertiary/aromatic N) is 2. The number of hydrogen-bond acceptors (Lipinski definition) is 5. The number of carbonyl (C=O) groups is 2. The zero-order valence-corrected chi connectivity index (χ0v) is 10.6. The topological polar surface area (TPSA) is 84.7 Å². The summed E-state index contributed by atoms with van der Waals surface area (Å²) in [4.78, 5) is 29.2. The van der Waals surface area contributed by atoms with Gasteiger partial charge in [-0.25, -0.2) is 4.98 Å². The van der Waals surface area contributed by atoms with E-state index in [2.05, 4.69) is 10.3 Å². The Kier molecular flexibility index (Phi) is 2.98. The molecule has 0 bridgehead atoms. The Labute approximate surface area is 109 Å². The molecule has 3 rings (SSSR count). The molecule has 2 aliphatic heterocycles. The van der Waals surface area contributed by atoms with Crippen LogP contribution in [-0.4, -0.2) is 53.5 Å². The molecule has 2 aliphatic rings. The summed E-state index contributed by atoms with van der Waals surface area (Å²) in [5, 5.41) is 2.86. The molecule has 0 saturated carbocycles. The Bertz CT molecular complexity index is 513. The van der Waals surface area contributed by atoms with Crippen LogP contribution in [0.3, 0.4) is 0 Å². The summed E-state index contributed by atoms with van der Waals surface area (Å²) in [7, 11) is 0. The van der Waals surface area contributed by atoms with Gasteiger partial charge in [-0.1, -0.05) is 0 Å². The third-order valence-electron chi connectivity index (χ3n) is 3.45. The smallest absolute Gasteiger partial charge is 0.275 e. The minimum absolute atomic E-state index is 0.000736. The van der Waals surface area contributed by atoms with E-state index >= 15 is 0 Å². The number of oxazole rings is 1. The van der Waals surface area contributed by atoms with Crippen molar-refractivity contribution in [3.63, 3.8) is 0 Å². The summed E-state index contributed by atoms with van der Waals surface area (Å²) in [6, 6.07) is -0.132. The maximum atomic E-state index is 12.2. The molecule has 1 aromatic rings. The number of aryl methyl sites for hydroxylation is 1. The number of carbonyl (C=O) groups excluding carboxylic acids is 2. The van der Waals surface area contributed by atoms with Crippen LogP contribution in [0.15, 0.2) is 10.7 Å². The highest BCUT2D eigenvalue weighted by molar-refractivity contribution is 5.92. The normalized spacial score (nSPS) is 26.8. The molecule has 0 unspecified atom stereocenters. The SMILES string of the molecule is Cc1nc(C(=O)N2CC[C@@H]3OCC(=O)N[C@H]3C2)co1. The summed E-state index contributed by atoms with van der Waals surface area (Å²) >= 11 is 0. The van der Waals surface area contributed by atoms with Crippen LogP contribution in [0.2, 0.25) is 0 Å². The Morgan fingerprint density at radius 2 is 2.42 bits per heavy atom. The quantitative estimate of drug-likeness (QED) is 0.754. The van der Waals surface area contributed by atoms with Gasteiger partial charge in [-0.15, -0.1) is 0 Å². The van der Waals surface area contributed by atoms with Crippen molar-refractivity contribution in [2.24, 2.45) is 0 Å². The number of fused-ring (bicyclic) bond motifs is 1. The van der Waals surface area contributed by atoms with Crippen molar-refractivity contribution in [2.75, 3.05) is 19.7 Å². The lowest BCUT2D eigenvalue weighted by Crippen LogP contribution is -2.61. The van der Waals surface area contributed by atoms with Gasteiger partial charge in [0.2, 0.25) is 5.91 Å². The molecule has 7 nitrogen and oxygen atoms in total. The second-order valence-corrected chi connectivity index (χ2v) is 4.82. The minimum atomic E-state index is -0.171. The lowest BCUT2D eigenvalue weighted by atomic mass is 10.0. The van der Waals surface area contributed by atoms with Crippen LogP contribution in [0, 0.1) is 6.92 Å². The summed E-state index contributed by atoms with van der Waals surface area (Å²) in [5.41, 5.74) is 0.305. The van der Waals surface area contributed by atoms with Gasteiger partial charge in [-0.05, 0) is 6.42 Å². The monoisotopic (exact) mass is 265 g/mol. The van der Waals surface area contributed by atoms with Crippen molar-refractivity contribution in [3.05, 3.63) is 17.8 Å². The summed E-state index contributed by atoms with van der Waals surface area (Å²) in [5.74, 6) is 0.162. The van der Waals surface area contributed by atoms with E-state index in [9.17, 15) is 9.59 Å². The van der Waals surface area contributed by atoms with Gasteiger partial charge in [0.25, 0.3) is 5.91 Å². The predicted octanol–water partition coefficient (Wildman–Crippen LogP) is -0.287.